The number of nitrogens with two attached hydrogens (primary N) is 1. The summed E-state index contributed by atoms with van der Waals surface area (Å²) in [6.45, 7) is 0. The average molecular weight is 265 g/mol. The summed E-state index contributed by atoms with van der Waals surface area (Å²) in [4.78, 5) is 7.55. The minimum atomic E-state index is -0.436. The Morgan fingerprint density at radius 3 is 2.38 bits per heavy atom. The molecule has 0 aliphatic heterocycles. The lowest BCUT2D eigenvalue weighted by atomic mass is 10.1. The summed E-state index contributed by atoms with van der Waals surface area (Å²) < 4.78 is 15.1. The Morgan fingerprint density at radius 1 is 1.19 bits per heavy atom. The largest absolute Gasteiger partial charge is 0.397 e. The minimum Gasteiger partial charge on any atom is -0.397 e. The first-order valence-electron chi connectivity index (χ1n) is 4.06. The van der Waals surface area contributed by atoms with Gasteiger partial charge >= 0.3 is 0 Å². The van der Waals surface area contributed by atoms with Crippen molar-refractivity contribution in [2.45, 2.75) is 0 Å². The van der Waals surface area contributed by atoms with Crippen LogP contribution in [0.25, 0.3) is 11.3 Å². The second-order valence-corrected chi connectivity index (χ2v) is 2.98. The van der Waals surface area contributed by atoms with Crippen molar-refractivity contribution < 1.29 is 4.39 Å². The molecule has 2 N–H and O–H groups in total. The molecule has 0 saturated heterocycles. The maximum absolute atomic E-state index is 13.4. The fourth-order valence-corrected chi connectivity index (χ4v) is 1.32. The summed E-state index contributed by atoms with van der Waals surface area (Å²) in [5, 5.41) is 0. The quantitative estimate of drug-likeness (QED) is 0.858. The van der Waals surface area contributed by atoms with Crippen LogP contribution in [-0.2, 0) is 7.05 Å². The SMILES string of the molecule is Cl.Cl.Cn1cncc1-c1c(N)cncc1F. The molecule has 0 saturated carbocycles. The van der Waals surface area contributed by atoms with E-state index in [-0.39, 0.29) is 24.8 Å². The highest BCUT2D eigenvalue weighted by Gasteiger charge is 2.11. The van der Waals surface area contributed by atoms with Crippen molar-refractivity contribution in [1.29, 1.82) is 0 Å². The maximum Gasteiger partial charge on any atom is 0.152 e. The zero-order valence-corrected chi connectivity index (χ0v) is 10.1. The molecule has 0 spiro atoms. The molecule has 16 heavy (non-hydrogen) atoms. The summed E-state index contributed by atoms with van der Waals surface area (Å²) in [5.74, 6) is -0.436. The number of rotatable bonds is 1. The van der Waals surface area contributed by atoms with Crippen LogP contribution < -0.4 is 5.73 Å². The van der Waals surface area contributed by atoms with Crippen LogP contribution in [0.15, 0.2) is 24.9 Å². The molecule has 7 heteroatoms. The number of aromatic nitrogens is 3. The Kier molecular flexibility index (Phi) is 5.20. The van der Waals surface area contributed by atoms with Gasteiger partial charge in [0.2, 0.25) is 0 Å². The van der Waals surface area contributed by atoms with Gasteiger partial charge in [0.05, 0.1) is 41.9 Å². The molecule has 0 radical (unpaired) electrons. The Morgan fingerprint density at radius 2 is 1.88 bits per heavy atom. The van der Waals surface area contributed by atoms with Crippen LogP contribution in [0.3, 0.4) is 0 Å². The van der Waals surface area contributed by atoms with Crippen LogP contribution in [0.5, 0.6) is 0 Å². The van der Waals surface area contributed by atoms with E-state index >= 15 is 0 Å². The molecule has 88 valence electrons. The molecule has 0 aliphatic rings. The second-order valence-electron chi connectivity index (χ2n) is 2.98. The van der Waals surface area contributed by atoms with Crippen LogP contribution in [0, 0.1) is 5.82 Å². The third kappa shape index (κ3) is 2.43. The van der Waals surface area contributed by atoms with Crippen molar-refractivity contribution in [3.8, 4) is 11.3 Å². The number of nitrogen functional groups attached to an aromatic ring is 1. The summed E-state index contributed by atoms with van der Waals surface area (Å²) in [7, 11) is 1.78. The van der Waals surface area contributed by atoms with Gasteiger partial charge in [-0.1, -0.05) is 0 Å². The lowest BCUT2D eigenvalue weighted by molar-refractivity contribution is 0.624. The predicted octanol–water partition coefficient (Wildman–Crippen LogP) is 2.05. The van der Waals surface area contributed by atoms with Crippen molar-refractivity contribution in [2.75, 3.05) is 5.73 Å². The summed E-state index contributed by atoms with van der Waals surface area (Å²) in [5.41, 5.74) is 6.94. The lowest BCUT2D eigenvalue weighted by Crippen LogP contribution is -1.98. The van der Waals surface area contributed by atoms with Crippen LogP contribution in [0.1, 0.15) is 0 Å². The Balaban J connectivity index is 0.00000112. The van der Waals surface area contributed by atoms with Gasteiger partial charge in [-0.05, 0) is 0 Å². The number of hydrogen-bond donors (Lipinski definition) is 1. The molecule has 0 aromatic carbocycles. The van der Waals surface area contributed by atoms with E-state index in [2.05, 4.69) is 9.97 Å². The molecule has 2 heterocycles. The topological polar surface area (TPSA) is 56.7 Å². The van der Waals surface area contributed by atoms with E-state index < -0.39 is 5.82 Å². The lowest BCUT2D eigenvalue weighted by Gasteiger charge is -2.06. The van der Waals surface area contributed by atoms with Gasteiger partial charge < -0.3 is 10.3 Å². The maximum atomic E-state index is 13.4. The van der Waals surface area contributed by atoms with Gasteiger partial charge in [-0.3, -0.25) is 4.98 Å². The number of anilines is 1. The Bertz CT molecular complexity index is 452. The van der Waals surface area contributed by atoms with E-state index in [0.717, 1.165) is 6.20 Å². The Hall–Kier alpha value is -1.33. The van der Waals surface area contributed by atoms with Crippen LogP contribution in [0.4, 0.5) is 10.1 Å². The third-order valence-corrected chi connectivity index (χ3v) is 2.00. The van der Waals surface area contributed by atoms with Crippen molar-refractivity contribution in [2.24, 2.45) is 7.05 Å². The molecule has 4 nitrogen and oxygen atoms in total. The molecule has 2 aromatic heterocycles. The standard InChI is InChI=1S/C9H9FN4.2ClH/c1-14-5-13-4-8(14)9-6(10)2-12-3-7(9)11;;/h2-5H,11H2,1H3;2*1H. The van der Waals surface area contributed by atoms with E-state index in [0.29, 0.717) is 16.9 Å². The van der Waals surface area contributed by atoms with Crippen molar-refractivity contribution in [1.82, 2.24) is 14.5 Å². The zero-order chi connectivity index (χ0) is 10.1. The van der Waals surface area contributed by atoms with Crippen molar-refractivity contribution in [3.05, 3.63) is 30.7 Å². The fraction of sp³-hybridized carbons (Fsp3) is 0.111. The van der Waals surface area contributed by atoms with Crippen LogP contribution in [0.2, 0.25) is 0 Å². The first-order valence-corrected chi connectivity index (χ1v) is 4.06. The molecular formula is C9H11Cl2FN4. The summed E-state index contributed by atoms with van der Waals surface area (Å²) in [6.07, 6.45) is 5.72. The van der Waals surface area contributed by atoms with E-state index in [1.165, 1.54) is 6.20 Å². The fourth-order valence-electron chi connectivity index (χ4n) is 1.32. The normalized spacial score (nSPS) is 9.12. The van der Waals surface area contributed by atoms with Gasteiger partial charge in [-0.25, -0.2) is 9.37 Å². The highest BCUT2D eigenvalue weighted by molar-refractivity contribution is 5.85. The van der Waals surface area contributed by atoms with E-state index in [4.69, 9.17) is 5.73 Å². The molecule has 0 aliphatic carbocycles. The van der Waals surface area contributed by atoms with Crippen molar-refractivity contribution in [3.63, 3.8) is 0 Å². The number of imidazole rings is 1. The van der Waals surface area contributed by atoms with Gasteiger partial charge in [0.15, 0.2) is 5.82 Å². The number of hydrogen-bond acceptors (Lipinski definition) is 3. The number of aryl methyl sites for hydroxylation is 1. The zero-order valence-electron chi connectivity index (χ0n) is 8.42. The van der Waals surface area contributed by atoms with Crippen LogP contribution >= 0.6 is 24.8 Å². The molecule has 0 fully saturated rings. The number of nitrogens with zero attached hydrogens (tertiary/aromatic N) is 3. The molecule has 0 bridgehead atoms. The third-order valence-electron chi connectivity index (χ3n) is 2.00. The summed E-state index contributed by atoms with van der Waals surface area (Å²) >= 11 is 0. The van der Waals surface area contributed by atoms with Gasteiger partial charge in [-0.15, -0.1) is 24.8 Å². The Labute approximate surface area is 105 Å². The number of halogens is 3. The van der Waals surface area contributed by atoms with E-state index in [1.807, 2.05) is 0 Å². The van der Waals surface area contributed by atoms with Gasteiger partial charge in [0, 0.05) is 7.05 Å². The van der Waals surface area contributed by atoms with E-state index in [9.17, 15) is 4.39 Å². The van der Waals surface area contributed by atoms with Crippen molar-refractivity contribution >= 4 is 30.5 Å². The molecule has 0 amide bonds. The minimum absolute atomic E-state index is 0. The first kappa shape index (κ1) is 14.7. The first-order chi connectivity index (χ1) is 6.70. The smallest absolute Gasteiger partial charge is 0.152 e. The molecular weight excluding hydrogens is 254 g/mol. The molecule has 2 aromatic rings. The van der Waals surface area contributed by atoms with Gasteiger partial charge in [0.25, 0.3) is 0 Å². The van der Waals surface area contributed by atoms with Gasteiger partial charge in [-0.2, -0.15) is 0 Å². The number of pyridine rings is 1. The highest BCUT2D eigenvalue weighted by Crippen LogP contribution is 2.26. The monoisotopic (exact) mass is 264 g/mol. The second kappa shape index (κ2) is 5.67. The average Bonchev–Trinajstić information content (AvgIpc) is 2.52. The molecule has 2 rings (SSSR count). The van der Waals surface area contributed by atoms with Crippen LogP contribution in [-0.4, -0.2) is 14.5 Å². The predicted molar refractivity (Wildman–Crippen MR) is 65.3 cm³/mol. The summed E-state index contributed by atoms with van der Waals surface area (Å²) in [6, 6.07) is 0. The molecule has 0 atom stereocenters. The van der Waals surface area contributed by atoms with Gasteiger partial charge in [0.1, 0.15) is 0 Å². The molecule has 0 unspecified atom stereocenters. The van der Waals surface area contributed by atoms with E-state index in [1.54, 1.807) is 24.1 Å². The highest BCUT2D eigenvalue weighted by atomic mass is 35.5.